The Balaban J connectivity index is 1.27. The first kappa shape index (κ1) is 35.1. The summed E-state index contributed by atoms with van der Waals surface area (Å²) in [6.07, 6.45) is 0.188. The van der Waals surface area contributed by atoms with Crippen LogP contribution in [-0.4, -0.2) is 82.7 Å². The highest BCUT2D eigenvalue weighted by Gasteiger charge is 2.38. The molecule has 5 rings (SSSR count). The van der Waals surface area contributed by atoms with E-state index in [2.05, 4.69) is 10.6 Å². The predicted molar refractivity (Wildman–Crippen MR) is 185 cm³/mol. The van der Waals surface area contributed by atoms with Crippen molar-refractivity contribution in [1.82, 2.24) is 20.4 Å². The van der Waals surface area contributed by atoms with Gasteiger partial charge < -0.3 is 31.1 Å². The van der Waals surface area contributed by atoms with Crippen molar-refractivity contribution in [3.05, 3.63) is 107 Å². The smallest absolute Gasteiger partial charge is 0.410 e. The van der Waals surface area contributed by atoms with Gasteiger partial charge in [-0.15, -0.1) is 0 Å². The molecule has 0 spiro atoms. The second-order valence-corrected chi connectivity index (χ2v) is 14.1. The van der Waals surface area contributed by atoms with Crippen LogP contribution in [0, 0.1) is 5.92 Å². The van der Waals surface area contributed by atoms with Crippen LogP contribution in [0.2, 0.25) is 0 Å². The van der Waals surface area contributed by atoms with Crippen LogP contribution in [0.15, 0.2) is 84.9 Å². The van der Waals surface area contributed by atoms with Gasteiger partial charge in [0, 0.05) is 50.1 Å². The number of ether oxygens (including phenoxy) is 1. The number of hydrogen-bond donors (Lipinski definition) is 4. The van der Waals surface area contributed by atoms with Crippen molar-refractivity contribution in [3.63, 3.8) is 0 Å². The molecule has 1 fully saturated rings. The summed E-state index contributed by atoms with van der Waals surface area (Å²) in [5.74, 6) is -0.816. The minimum absolute atomic E-state index is 0.151. The van der Waals surface area contributed by atoms with Gasteiger partial charge in [0.05, 0.1) is 12.1 Å². The third kappa shape index (κ3) is 9.43. The summed E-state index contributed by atoms with van der Waals surface area (Å²) in [6.45, 7) is 7.24. The highest BCUT2D eigenvalue weighted by molar-refractivity contribution is 5.83. The molecule has 3 amide bonds. The Bertz CT molecular complexity index is 1530. The number of hydrogen-bond acceptors (Lipinski definition) is 7. The van der Waals surface area contributed by atoms with Crippen LogP contribution >= 0.6 is 0 Å². The molecule has 3 aromatic rings. The Labute approximate surface area is 283 Å². The maximum atomic E-state index is 13.9. The van der Waals surface area contributed by atoms with E-state index in [0.29, 0.717) is 38.9 Å². The summed E-state index contributed by atoms with van der Waals surface area (Å²) in [5, 5.41) is 17.0. The van der Waals surface area contributed by atoms with Gasteiger partial charge in [0.2, 0.25) is 11.8 Å². The van der Waals surface area contributed by atoms with Crippen molar-refractivity contribution in [2.45, 2.75) is 76.4 Å². The summed E-state index contributed by atoms with van der Waals surface area (Å²) in [6, 6.07) is 25.5. The van der Waals surface area contributed by atoms with Crippen molar-refractivity contribution in [1.29, 1.82) is 0 Å². The molecular formula is C38H49N5O5. The molecular weight excluding hydrogens is 606 g/mol. The Morgan fingerprint density at radius 3 is 2.27 bits per heavy atom. The fourth-order valence-electron chi connectivity index (χ4n) is 6.66. The zero-order valence-electron chi connectivity index (χ0n) is 28.2. The van der Waals surface area contributed by atoms with Crippen LogP contribution in [0.4, 0.5) is 4.79 Å². The molecule has 0 aromatic heterocycles. The molecule has 1 saturated heterocycles. The lowest BCUT2D eigenvalue weighted by Crippen LogP contribution is -2.63. The predicted octanol–water partition coefficient (Wildman–Crippen LogP) is 3.57. The number of nitrogens with zero attached hydrogens (tertiary/aromatic N) is 2. The molecule has 1 heterocycles. The third-order valence-electron chi connectivity index (χ3n) is 9.01. The first-order valence-corrected chi connectivity index (χ1v) is 16.8. The Morgan fingerprint density at radius 2 is 1.58 bits per heavy atom. The van der Waals surface area contributed by atoms with E-state index >= 15 is 0 Å². The molecule has 1 aliphatic heterocycles. The maximum Gasteiger partial charge on any atom is 0.410 e. The Kier molecular flexibility index (Phi) is 11.5. The van der Waals surface area contributed by atoms with Crippen molar-refractivity contribution in [3.8, 4) is 0 Å². The van der Waals surface area contributed by atoms with Gasteiger partial charge in [-0.2, -0.15) is 0 Å². The average molecular weight is 656 g/mol. The van der Waals surface area contributed by atoms with Crippen molar-refractivity contribution in [2.24, 2.45) is 11.7 Å². The lowest BCUT2D eigenvalue weighted by atomic mass is 9.91. The topological polar surface area (TPSA) is 137 Å². The number of nitrogens with two attached hydrogens (primary N) is 1. The largest absolute Gasteiger partial charge is 0.445 e. The van der Waals surface area contributed by atoms with E-state index in [4.69, 9.17) is 10.5 Å². The molecule has 3 aromatic carbocycles. The lowest BCUT2D eigenvalue weighted by Gasteiger charge is -2.42. The minimum atomic E-state index is -0.699. The first-order chi connectivity index (χ1) is 23.0. The first-order valence-electron chi connectivity index (χ1n) is 16.8. The summed E-state index contributed by atoms with van der Waals surface area (Å²) >= 11 is 0. The number of aliphatic hydroxyl groups is 1. The zero-order chi connectivity index (χ0) is 34.3. The van der Waals surface area contributed by atoms with Gasteiger partial charge in [0.15, 0.2) is 0 Å². The number of benzene rings is 3. The van der Waals surface area contributed by atoms with Gasteiger partial charge in [-0.05, 0) is 55.9 Å². The van der Waals surface area contributed by atoms with E-state index in [0.717, 1.165) is 22.3 Å². The van der Waals surface area contributed by atoms with Crippen molar-refractivity contribution < 1.29 is 24.2 Å². The number of nitrogens with one attached hydrogen (secondary N) is 2. The number of amides is 3. The lowest BCUT2D eigenvalue weighted by molar-refractivity contribution is -0.130. The molecule has 1 aliphatic carbocycles. The fraction of sp³-hybridized carbons (Fsp3) is 0.447. The number of carbonyl (C=O) groups excluding carboxylic acids is 3. The van der Waals surface area contributed by atoms with Crippen LogP contribution in [-0.2, 0) is 33.8 Å². The number of carbonyl (C=O) groups is 3. The van der Waals surface area contributed by atoms with Gasteiger partial charge >= 0.3 is 6.09 Å². The highest BCUT2D eigenvalue weighted by atomic mass is 16.6. The van der Waals surface area contributed by atoms with Crippen molar-refractivity contribution in [2.75, 3.05) is 26.2 Å². The SMILES string of the molecule is CC(C)(C)NC(=O)[C@@H]1CN(C(=O)OCc2ccccc2)CCN1C[C@@H](N)C[C@H](Cc1ccccc1)C(=O)N[C@H]1c2ccccc2C[C@H]1O. The van der Waals surface area contributed by atoms with E-state index in [1.165, 1.54) is 0 Å². The Hall–Kier alpha value is -4.25. The molecule has 0 saturated carbocycles. The zero-order valence-corrected chi connectivity index (χ0v) is 28.2. The molecule has 256 valence electrons. The number of fused-ring (bicyclic) bond motifs is 1. The van der Waals surface area contributed by atoms with Gasteiger partial charge in [-0.3, -0.25) is 14.5 Å². The molecule has 5 atom stereocenters. The molecule has 0 unspecified atom stereocenters. The quantitative estimate of drug-likeness (QED) is 0.248. The monoisotopic (exact) mass is 655 g/mol. The van der Waals surface area contributed by atoms with Gasteiger partial charge in [0.25, 0.3) is 0 Å². The molecule has 48 heavy (non-hydrogen) atoms. The molecule has 10 heteroatoms. The molecule has 2 aliphatic rings. The standard InChI is InChI=1S/C38H49N5O5/c1-38(2,3)41-36(46)32-24-43(37(47)48-25-27-14-8-5-9-15-27)19-18-42(32)23-30(39)21-29(20-26-12-6-4-7-13-26)35(45)40-34-31-17-11-10-16-28(31)22-33(34)44/h4-17,29-30,32-34,44H,18-25,39H2,1-3H3,(H,40,45)(H,41,46)/t29-,30-,32-,33+,34-/m0/s1. The second-order valence-electron chi connectivity index (χ2n) is 14.1. The average Bonchev–Trinajstić information content (AvgIpc) is 3.37. The van der Waals surface area contributed by atoms with Gasteiger partial charge in [-0.1, -0.05) is 84.9 Å². The molecule has 0 bridgehead atoms. The van der Waals surface area contributed by atoms with E-state index in [9.17, 15) is 19.5 Å². The number of aliphatic hydroxyl groups excluding tert-OH is 1. The third-order valence-corrected chi connectivity index (χ3v) is 9.01. The van der Waals surface area contributed by atoms with Crippen molar-refractivity contribution >= 4 is 17.9 Å². The van der Waals surface area contributed by atoms with E-state index in [1.807, 2.05) is 111 Å². The van der Waals surface area contributed by atoms with Crippen LogP contribution in [0.1, 0.15) is 55.5 Å². The summed E-state index contributed by atoms with van der Waals surface area (Å²) in [7, 11) is 0. The van der Waals surface area contributed by atoms with Gasteiger partial charge in [-0.25, -0.2) is 4.79 Å². The molecule has 10 nitrogen and oxygen atoms in total. The minimum Gasteiger partial charge on any atom is -0.445 e. The van der Waals surface area contributed by atoms with E-state index in [1.54, 1.807) is 4.90 Å². The van der Waals surface area contributed by atoms with Gasteiger partial charge in [0.1, 0.15) is 12.6 Å². The van der Waals surface area contributed by atoms with Crippen LogP contribution in [0.3, 0.4) is 0 Å². The highest BCUT2D eigenvalue weighted by Crippen LogP contribution is 2.32. The maximum absolute atomic E-state index is 13.9. The normalized spacial score (nSPS) is 20.8. The van der Waals surface area contributed by atoms with Crippen LogP contribution in [0.5, 0.6) is 0 Å². The fourth-order valence-corrected chi connectivity index (χ4v) is 6.66. The summed E-state index contributed by atoms with van der Waals surface area (Å²) < 4.78 is 5.58. The number of rotatable bonds is 11. The summed E-state index contributed by atoms with van der Waals surface area (Å²) in [5.41, 5.74) is 10.2. The van der Waals surface area contributed by atoms with E-state index < -0.39 is 41.8 Å². The van der Waals surface area contributed by atoms with E-state index in [-0.39, 0.29) is 25.0 Å². The van der Waals surface area contributed by atoms with Crippen LogP contribution < -0.4 is 16.4 Å². The second kappa shape index (κ2) is 15.8. The molecule has 5 N–H and O–H groups in total. The number of piperazine rings is 1. The Morgan fingerprint density at radius 1 is 0.938 bits per heavy atom. The van der Waals surface area contributed by atoms with Crippen LogP contribution in [0.25, 0.3) is 0 Å². The summed E-state index contributed by atoms with van der Waals surface area (Å²) in [4.78, 5) is 44.1. The molecule has 0 radical (unpaired) electrons.